The lowest BCUT2D eigenvalue weighted by Gasteiger charge is -2.34. The number of halogens is 2. The van der Waals surface area contributed by atoms with E-state index in [1.165, 1.54) is 4.90 Å². The van der Waals surface area contributed by atoms with Gasteiger partial charge in [0.2, 0.25) is 21.8 Å². The topological polar surface area (TPSA) is 86.8 Å². The Bertz CT molecular complexity index is 1180. The van der Waals surface area contributed by atoms with E-state index in [-0.39, 0.29) is 24.6 Å². The molecule has 0 saturated carbocycles. The van der Waals surface area contributed by atoms with Gasteiger partial charge in [0.25, 0.3) is 0 Å². The highest BCUT2D eigenvalue weighted by atomic mass is 32.2. The zero-order chi connectivity index (χ0) is 26.6. The molecule has 2 aromatic rings. The van der Waals surface area contributed by atoms with Gasteiger partial charge >= 0.3 is 0 Å². The van der Waals surface area contributed by atoms with Crippen LogP contribution in [-0.4, -0.2) is 49.5 Å². The number of hydrogen-bond donors (Lipinski definition) is 1. The molecule has 0 spiro atoms. The minimum Gasteiger partial charge on any atom is -0.350 e. The number of nitrogens with zero attached hydrogens (tertiary/aromatic N) is 2. The summed E-state index contributed by atoms with van der Waals surface area (Å²) in [5, 5.41) is 2.88. The SMILES string of the molecule is CC[C@@H](C(=O)NC(C)(C)C)N(Cc1cccc(C)c1)C(=O)CN(c1ccc(F)c(F)c1)S(C)(=O)=O. The van der Waals surface area contributed by atoms with E-state index in [0.29, 0.717) is 4.31 Å². The summed E-state index contributed by atoms with van der Waals surface area (Å²) >= 11 is 0. The first-order valence-electron chi connectivity index (χ1n) is 11.2. The zero-order valence-corrected chi connectivity index (χ0v) is 21.7. The fourth-order valence-corrected chi connectivity index (χ4v) is 4.47. The number of rotatable bonds is 9. The molecule has 0 aliphatic carbocycles. The number of amides is 2. The van der Waals surface area contributed by atoms with Crippen LogP contribution in [0.1, 0.15) is 45.2 Å². The second kappa shape index (κ2) is 11.2. The second-order valence-corrected chi connectivity index (χ2v) is 11.4. The summed E-state index contributed by atoms with van der Waals surface area (Å²) in [6.07, 6.45) is 1.15. The number of nitrogens with one attached hydrogen (secondary N) is 1. The molecule has 0 aromatic heterocycles. The van der Waals surface area contributed by atoms with Gasteiger partial charge in [-0.25, -0.2) is 17.2 Å². The van der Waals surface area contributed by atoms with Crippen LogP contribution in [0, 0.1) is 18.6 Å². The van der Waals surface area contributed by atoms with Crippen molar-refractivity contribution in [2.45, 2.75) is 59.2 Å². The van der Waals surface area contributed by atoms with Crippen molar-refractivity contribution < 1.29 is 26.8 Å². The van der Waals surface area contributed by atoms with Crippen LogP contribution in [0.25, 0.3) is 0 Å². The van der Waals surface area contributed by atoms with E-state index in [1.54, 1.807) is 6.92 Å². The summed E-state index contributed by atoms with van der Waals surface area (Å²) in [6, 6.07) is 9.13. The maximum absolute atomic E-state index is 13.9. The minimum atomic E-state index is -4.04. The number of hydrogen-bond acceptors (Lipinski definition) is 4. The lowest BCUT2D eigenvalue weighted by atomic mass is 10.0. The number of anilines is 1. The summed E-state index contributed by atoms with van der Waals surface area (Å²) in [6.45, 7) is 8.48. The fraction of sp³-hybridized carbons (Fsp3) is 0.440. The molecular weight excluding hydrogens is 476 g/mol. The highest BCUT2D eigenvalue weighted by Crippen LogP contribution is 2.22. The van der Waals surface area contributed by atoms with Gasteiger partial charge in [-0.1, -0.05) is 36.8 Å². The molecular formula is C25H33F2N3O4S. The molecule has 1 atom stereocenters. The van der Waals surface area contributed by atoms with E-state index in [1.807, 2.05) is 52.0 Å². The molecule has 10 heteroatoms. The van der Waals surface area contributed by atoms with Crippen molar-refractivity contribution in [1.29, 1.82) is 0 Å². The summed E-state index contributed by atoms with van der Waals surface area (Å²) < 4.78 is 53.0. The molecule has 0 aliphatic heterocycles. The lowest BCUT2D eigenvalue weighted by molar-refractivity contribution is -0.141. The van der Waals surface area contributed by atoms with E-state index >= 15 is 0 Å². The van der Waals surface area contributed by atoms with Crippen LogP contribution in [0.15, 0.2) is 42.5 Å². The van der Waals surface area contributed by atoms with Crippen LogP contribution in [0.5, 0.6) is 0 Å². The fourth-order valence-electron chi connectivity index (χ4n) is 3.63. The standard InChI is InChI=1S/C25H33F2N3O4S/c1-7-22(24(32)28-25(3,4)5)29(15-18-10-8-9-17(2)13-18)23(31)16-30(35(6,33)34)19-11-12-20(26)21(27)14-19/h8-14,22H,7,15-16H2,1-6H3,(H,28,32)/t22-/m0/s1. The van der Waals surface area contributed by atoms with Crippen LogP contribution >= 0.6 is 0 Å². The number of sulfonamides is 1. The molecule has 0 fully saturated rings. The quantitative estimate of drug-likeness (QED) is 0.558. The van der Waals surface area contributed by atoms with Crippen molar-refractivity contribution in [2.75, 3.05) is 17.1 Å². The summed E-state index contributed by atoms with van der Waals surface area (Å²) in [5.74, 6) is -3.41. The Balaban J connectivity index is 2.48. The maximum Gasteiger partial charge on any atom is 0.244 e. The highest BCUT2D eigenvalue weighted by Gasteiger charge is 2.33. The smallest absolute Gasteiger partial charge is 0.244 e. The van der Waals surface area contributed by atoms with Gasteiger partial charge in [0, 0.05) is 18.2 Å². The summed E-state index contributed by atoms with van der Waals surface area (Å²) in [5.41, 5.74) is 0.982. The Hall–Kier alpha value is -3.01. The molecule has 0 radical (unpaired) electrons. The molecule has 7 nitrogen and oxygen atoms in total. The molecule has 0 heterocycles. The Morgan fingerprint density at radius 3 is 2.23 bits per heavy atom. The second-order valence-electron chi connectivity index (χ2n) is 9.54. The molecule has 35 heavy (non-hydrogen) atoms. The van der Waals surface area contributed by atoms with Crippen LogP contribution < -0.4 is 9.62 Å². The van der Waals surface area contributed by atoms with Crippen LogP contribution in [-0.2, 0) is 26.2 Å². The zero-order valence-electron chi connectivity index (χ0n) is 20.9. The Labute approximate surface area is 206 Å². The number of benzene rings is 2. The molecule has 0 unspecified atom stereocenters. The van der Waals surface area contributed by atoms with Gasteiger partial charge < -0.3 is 10.2 Å². The van der Waals surface area contributed by atoms with Crippen molar-refractivity contribution in [3.63, 3.8) is 0 Å². The highest BCUT2D eigenvalue weighted by molar-refractivity contribution is 7.92. The third-order valence-electron chi connectivity index (χ3n) is 5.19. The first-order valence-corrected chi connectivity index (χ1v) is 13.1. The first kappa shape index (κ1) is 28.2. The molecule has 1 N–H and O–H groups in total. The van der Waals surface area contributed by atoms with Crippen molar-refractivity contribution >= 4 is 27.5 Å². The number of carbonyl (C=O) groups is 2. The van der Waals surface area contributed by atoms with E-state index in [0.717, 1.165) is 35.6 Å². The van der Waals surface area contributed by atoms with E-state index in [2.05, 4.69) is 5.32 Å². The molecule has 2 amide bonds. The maximum atomic E-state index is 13.9. The van der Waals surface area contributed by atoms with Crippen LogP contribution in [0.2, 0.25) is 0 Å². The van der Waals surface area contributed by atoms with Gasteiger partial charge in [0.15, 0.2) is 11.6 Å². The van der Waals surface area contributed by atoms with Crippen molar-refractivity contribution in [3.05, 3.63) is 65.2 Å². The number of aryl methyl sites for hydroxylation is 1. The third-order valence-corrected chi connectivity index (χ3v) is 6.33. The van der Waals surface area contributed by atoms with E-state index in [9.17, 15) is 26.8 Å². The largest absolute Gasteiger partial charge is 0.350 e. The lowest BCUT2D eigenvalue weighted by Crippen LogP contribution is -2.55. The Kier molecular flexibility index (Phi) is 9.00. The average molecular weight is 510 g/mol. The monoisotopic (exact) mass is 509 g/mol. The minimum absolute atomic E-state index is 0.0615. The number of carbonyl (C=O) groups excluding carboxylic acids is 2. The Morgan fingerprint density at radius 2 is 1.71 bits per heavy atom. The third kappa shape index (κ3) is 8.02. The Morgan fingerprint density at radius 1 is 1.06 bits per heavy atom. The molecule has 2 rings (SSSR count). The predicted molar refractivity (Wildman–Crippen MR) is 132 cm³/mol. The summed E-state index contributed by atoms with van der Waals surface area (Å²) in [4.78, 5) is 28.0. The van der Waals surface area contributed by atoms with Gasteiger partial charge in [-0.2, -0.15) is 0 Å². The normalized spacial score (nSPS) is 12.7. The van der Waals surface area contributed by atoms with Gasteiger partial charge in [0.05, 0.1) is 11.9 Å². The molecule has 0 bridgehead atoms. The molecule has 0 aliphatic rings. The first-order chi connectivity index (χ1) is 16.1. The van der Waals surface area contributed by atoms with Gasteiger partial charge in [0.1, 0.15) is 12.6 Å². The summed E-state index contributed by atoms with van der Waals surface area (Å²) in [7, 11) is -4.04. The van der Waals surface area contributed by atoms with Gasteiger partial charge in [-0.05, 0) is 51.8 Å². The average Bonchev–Trinajstić information content (AvgIpc) is 2.71. The van der Waals surface area contributed by atoms with Crippen LogP contribution in [0.3, 0.4) is 0 Å². The van der Waals surface area contributed by atoms with Gasteiger partial charge in [-0.3, -0.25) is 13.9 Å². The van der Waals surface area contributed by atoms with Crippen LogP contribution in [0.4, 0.5) is 14.5 Å². The van der Waals surface area contributed by atoms with E-state index in [4.69, 9.17) is 0 Å². The van der Waals surface area contributed by atoms with E-state index < -0.39 is 45.7 Å². The van der Waals surface area contributed by atoms with Gasteiger partial charge in [-0.15, -0.1) is 0 Å². The predicted octanol–water partition coefficient (Wildman–Crippen LogP) is 3.76. The molecule has 192 valence electrons. The van der Waals surface area contributed by atoms with Crippen molar-refractivity contribution in [1.82, 2.24) is 10.2 Å². The molecule has 2 aromatic carbocycles. The molecule has 0 saturated heterocycles. The van der Waals surface area contributed by atoms with Crippen molar-refractivity contribution in [3.8, 4) is 0 Å². The van der Waals surface area contributed by atoms with Crippen molar-refractivity contribution in [2.24, 2.45) is 0 Å².